The maximum atomic E-state index is 14.0. The van der Waals surface area contributed by atoms with E-state index in [4.69, 9.17) is 40.2 Å². The minimum absolute atomic E-state index is 0.0478. The lowest BCUT2D eigenvalue weighted by atomic mass is 10.2. The molecule has 0 atom stereocenters. The van der Waals surface area contributed by atoms with Gasteiger partial charge in [-0.3, -0.25) is 15.0 Å². The molecule has 2 amide bonds. The van der Waals surface area contributed by atoms with E-state index in [0.29, 0.717) is 26.8 Å². The number of hydrazine groups is 1. The lowest BCUT2D eigenvalue weighted by molar-refractivity contribution is -0.123. The van der Waals surface area contributed by atoms with E-state index in [0.717, 1.165) is 16.8 Å². The first kappa shape index (κ1) is 24.2. The van der Waals surface area contributed by atoms with Crippen molar-refractivity contribution in [3.63, 3.8) is 0 Å². The van der Waals surface area contributed by atoms with Crippen molar-refractivity contribution in [2.24, 2.45) is 0 Å². The Balaban J connectivity index is 1.45. The number of nitrogens with zero attached hydrogens (tertiary/aromatic N) is 1. The predicted octanol–water partition coefficient (Wildman–Crippen LogP) is 6.26. The van der Waals surface area contributed by atoms with Gasteiger partial charge in [0.25, 0.3) is 11.8 Å². The Morgan fingerprint density at radius 2 is 1.85 bits per heavy atom. The number of hydrogen-bond acceptors (Lipinski definition) is 5. The van der Waals surface area contributed by atoms with Gasteiger partial charge in [0.2, 0.25) is 0 Å². The normalized spacial score (nSPS) is 14.6. The molecule has 5 nitrogen and oxygen atoms in total. The first-order valence-corrected chi connectivity index (χ1v) is 11.8. The molecule has 3 aromatic carbocycles. The van der Waals surface area contributed by atoms with Gasteiger partial charge in [0.15, 0.2) is 4.32 Å². The number of halogens is 3. The third kappa shape index (κ3) is 5.59. The fraction of sp³-hybridized carbons (Fsp3) is 0.0417. The zero-order valence-corrected chi connectivity index (χ0v) is 20.4. The quantitative estimate of drug-likeness (QED) is 0.300. The van der Waals surface area contributed by atoms with Crippen LogP contribution in [0.2, 0.25) is 10.0 Å². The minimum atomic E-state index is -0.489. The highest BCUT2D eigenvalue weighted by atomic mass is 35.5. The van der Waals surface area contributed by atoms with E-state index >= 15 is 0 Å². The van der Waals surface area contributed by atoms with Crippen molar-refractivity contribution in [3.05, 3.63) is 104 Å². The number of ether oxygens (including phenoxy) is 1. The lowest BCUT2D eigenvalue weighted by Gasteiger charge is -2.15. The molecule has 34 heavy (non-hydrogen) atoms. The summed E-state index contributed by atoms with van der Waals surface area (Å²) in [6.07, 6.45) is 1.64. The van der Waals surface area contributed by atoms with Gasteiger partial charge in [0.05, 0.1) is 9.93 Å². The summed E-state index contributed by atoms with van der Waals surface area (Å²) < 4.78 is 19.9. The summed E-state index contributed by atoms with van der Waals surface area (Å²) in [7, 11) is 0. The van der Waals surface area contributed by atoms with Gasteiger partial charge in [-0.25, -0.2) is 4.39 Å². The molecule has 0 saturated carbocycles. The van der Waals surface area contributed by atoms with E-state index in [9.17, 15) is 14.0 Å². The molecule has 0 aliphatic carbocycles. The van der Waals surface area contributed by atoms with Gasteiger partial charge < -0.3 is 4.74 Å². The molecule has 1 N–H and O–H groups in total. The number of nitrogens with one attached hydrogen (secondary N) is 1. The monoisotopic (exact) mass is 532 g/mol. The molecule has 10 heteroatoms. The Morgan fingerprint density at radius 3 is 2.59 bits per heavy atom. The number of amides is 2. The average molecular weight is 533 g/mol. The van der Waals surface area contributed by atoms with Crippen LogP contribution in [0.5, 0.6) is 5.75 Å². The second-order valence-electron chi connectivity index (χ2n) is 7.03. The first-order valence-electron chi connectivity index (χ1n) is 9.82. The number of hydrogen-bond donors (Lipinski definition) is 1. The number of benzene rings is 3. The molecule has 1 aliphatic rings. The van der Waals surface area contributed by atoms with Crippen LogP contribution < -0.4 is 10.2 Å². The van der Waals surface area contributed by atoms with Gasteiger partial charge in [0.1, 0.15) is 18.2 Å². The SMILES string of the molecule is O=C(NN1C(=O)/C(=C\c2cccc(OCc3c(F)cccc3Cl)c2)SC1=S)c1ccc(Cl)cc1. The topological polar surface area (TPSA) is 58.6 Å². The predicted molar refractivity (Wildman–Crippen MR) is 136 cm³/mol. The molecule has 0 unspecified atom stereocenters. The van der Waals surface area contributed by atoms with Crippen molar-refractivity contribution in [2.75, 3.05) is 0 Å². The van der Waals surface area contributed by atoms with Crippen LogP contribution >= 0.6 is 47.2 Å². The van der Waals surface area contributed by atoms with Crippen LogP contribution in [0.4, 0.5) is 4.39 Å². The number of rotatable bonds is 6. The molecule has 4 rings (SSSR count). The molecule has 0 radical (unpaired) electrons. The van der Waals surface area contributed by atoms with E-state index in [1.54, 1.807) is 60.7 Å². The van der Waals surface area contributed by atoms with Gasteiger partial charge >= 0.3 is 0 Å². The number of thiocarbonyl (C=S) groups is 1. The van der Waals surface area contributed by atoms with Crippen molar-refractivity contribution in [1.82, 2.24) is 10.4 Å². The van der Waals surface area contributed by atoms with Crippen LogP contribution in [-0.4, -0.2) is 21.1 Å². The highest BCUT2D eigenvalue weighted by Gasteiger charge is 2.33. The molecule has 0 aromatic heterocycles. The Hall–Kier alpha value is -2.91. The summed E-state index contributed by atoms with van der Waals surface area (Å²) >= 11 is 18.2. The molecular formula is C24H15Cl2FN2O3S2. The van der Waals surface area contributed by atoms with Gasteiger partial charge in [0, 0.05) is 16.1 Å². The van der Waals surface area contributed by atoms with E-state index < -0.39 is 17.6 Å². The molecular weight excluding hydrogens is 518 g/mol. The molecule has 1 fully saturated rings. The van der Waals surface area contributed by atoms with Crippen LogP contribution in [0.3, 0.4) is 0 Å². The van der Waals surface area contributed by atoms with E-state index in [2.05, 4.69) is 5.43 Å². The van der Waals surface area contributed by atoms with E-state index in [1.807, 2.05) is 0 Å². The van der Waals surface area contributed by atoms with E-state index in [1.165, 1.54) is 12.1 Å². The standard InChI is InChI=1S/C24H15Cl2FN2O3S2/c25-16-9-7-15(8-10-16)22(30)28-29-23(31)21(34-24(29)33)12-14-3-1-4-17(11-14)32-13-18-19(26)5-2-6-20(18)27/h1-12H,13H2,(H,28,30)/b21-12+. The van der Waals surface area contributed by atoms with Crippen LogP contribution in [-0.2, 0) is 11.4 Å². The zero-order chi connectivity index (χ0) is 24.2. The molecule has 3 aromatic rings. The van der Waals surface area contributed by atoms with Gasteiger partial charge in [-0.2, -0.15) is 5.01 Å². The van der Waals surface area contributed by atoms with Gasteiger partial charge in [-0.15, -0.1) is 0 Å². The summed E-state index contributed by atoms with van der Waals surface area (Å²) in [4.78, 5) is 25.6. The number of carbonyl (C=O) groups is 2. The van der Waals surface area contributed by atoms with Crippen molar-refractivity contribution < 1.29 is 18.7 Å². The van der Waals surface area contributed by atoms with Crippen molar-refractivity contribution >= 4 is 69.4 Å². The summed E-state index contributed by atoms with van der Waals surface area (Å²) in [5.41, 5.74) is 3.78. The van der Waals surface area contributed by atoms with Crippen LogP contribution in [0.15, 0.2) is 71.6 Å². The highest BCUT2D eigenvalue weighted by molar-refractivity contribution is 8.26. The van der Waals surface area contributed by atoms with Gasteiger partial charge in [-0.1, -0.05) is 53.2 Å². The Morgan fingerprint density at radius 1 is 1.12 bits per heavy atom. The Kier molecular flexibility index (Phi) is 7.53. The van der Waals surface area contributed by atoms with Crippen molar-refractivity contribution in [2.45, 2.75) is 6.61 Å². The summed E-state index contributed by atoms with van der Waals surface area (Å²) in [6, 6.07) is 17.6. The van der Waals surface area contributed by atoms with Crippen LogP contribution in [0.1, 0.15) is 21.5 Å². The zero-order valence-electron chi connectivity index (χ0n) is 17.3. The molecule has 1 aliphatic heterocycles. The molecule has 1 heterocycles. The average Bonchev–Trinajstić information content (AvgIpc) is 3.06. The maximum Gasteiger partial charge on any atom is 0.285 e. The summed E-state index contributed by atoms with van der Waals surface area (Å²) in [6.45, 7) is -0.0478. The second kappa shape index (κ2) is 10.6. The van der Waals surface area contributed by atoms with E-state index in [-0.39, 0.29) is 21.5 Å². The Bertz CT molecular complexity index is 1300. The first-order chi connectivity index (χ1) is 16.3. The largest absolute Gasteiger partial charge is 0.489 e. The summed E-state index contributed by atoms with van der Waals surface area (Å²) in [5, 5.41) is 1.80. The van der Waals surface area contributed by atoms with Crippen molar-refractivity contribution in [3.8, 4) is 5.75 Å². The third-order valence-corrected chi connectivity index (χ3v) is 6.62. The Labute approximate surface area is 214 Å². The van der Waals surface area contributed by atoms with Crippen LogP contribution in [0.25, 0.3) is 6.08 Å². The molecule has 0 spiro atoms. The fourth-order valence-electron chi connectivity index (χ4n) is 3.00. The molecule has 172 valence electrons. The molecule has 0 bridgehead atoms. The van der Waals surface area contributed by atoms with Crippen molar-refractivity contribution in [1.29, 1.82) is 0 Å². The lowest BCUT2D eigenvalue weighted by Crippen LogP contribution is -2.44. The second-order valence-corrected chi connectivity index (χ2v) is 9.55. The van der Waals surface area contributed by atoms with Gasteiger partial charge in [-0.05, 0) is 72.4 Å². The summed E-state index contributed by atoms with van der Waals surface area (Å²) in [5.74, 6) is -0.925. The maximum absolute atomic E-state index is 14.0. The third-order valence-electron chi connectivity index (χ3n) is 4.71. The molecule has 1 saturated heterocycles. The number of thioether (sulfide) groups is 1. The fourth-order valence-corrected chi connectivity index (χ4v) is 4.53. The van der Waals surface area contributed by atoms with Crippen LogP contribution in [0, 0.1) is 5.82 Å². The highest BCUT2D eigenvalue weighted by Crippen LogP contribution is 2.32. The number of carbonyl (C=O) groups excluding carboxylic acids is 2. The smallest absolute Gasteiger partial charge is 0.285 e. The minimum Gasteiger partial charge on any atom is -0.489 e.